The molecule has 0 radical (unpaired) electrons. The number of halogens is 5. The average Bonchev–Trinajstić information content (AvgIpc) is 3.08. The monoisotopic (exact) mass is 764 g/mol. The normalized spacial score (nSPS) is 16.4. The molecule has 4 aromatic rings. The molecule has 0 bridgehead atoms. The first-order valence-electron chi connectivity index (χ1n) is 15.7. The van der Waals surface area contributed by atoms with Gasteiger partial charge in [0.05, 0.1) is 46.1 Å². The summed E-state index contributed by atoms with van der Waals surface area (Å²) >= 11 is 0. The van der Waals surface area contributed by atoms with E-state index in [0.717, 1.165) is 35.4 Å². The highest BCUT2D eigenvalue weighted by Crippen LogP contribution is 2.37. The van der Waals surface area contributed by atoms with E-state index in [2.05, 4.69) is 15.4 Å². The Morgan fingerprint density at radius 3 is 1.67 bits per heavy atom. The van der Waals surface area contributed by atoms with Crippen molar-refractivity contribution in [3.8, 4) is 11.5 Å². The standard InChI is InChI=1S/C20H22F2N2O3S.C16H14F2N2O2.CH4.ClH/c1-20(2,3)28(26)24-17-9-10-27-18-13(17)5-4-6-14(18)19(25)23-12-7-8-15(21)16(22)11-12;17-12-5-4-9(8-13(12)18)20-16(21)11-3-1-2-10-14(19)6-7-22-15(10)11;;/h4-8,11,17,24H,9-10H2,1-3H3,(H,23,25);1-5,8,14H,6-7,19H2,(H,20,21);1H4;1H/t17?,28-;;;/m0.../s1. The van der Waals surface area contributed by atoms with Gasteiger partial charge in [-0.05, 0) is 57.2 Å². The molecule has 2 aliphatic heterocycles. The maximum absolute atomic E-state index is 13.4. The molecule has 0 spiro atoms. The molecule has 5 N–H and O–H groups in total. The van der Waals surface area contributed by atoms with E-state index in [9.17, 15) is 31.4 Å². The van der Waals surface area contributed by atoms with Crippen LogP contribution in [-0.2, 0) is 11.0 Å². The molecule has 15 heteroatoms. The summed E-state index contributed by atoms with van der Waals surface area (Å²) in [6.07, 6.45) is 1.30. The minimum atomic E-state index is -1.28. The molecule has 0 saturated carbocycles. The van der Waals surface area contributed by atoms with Gasteiger partial charge in [0.15, 0.2) is 23.3 Å². The van der Waals surface area contributed by atoms with Crippen LogP contribution in [0, 0.1) is 23.3 Å². The lowest BCUT2D eigenvalue weighted by molar-refractivity contribution is 0.101. The Morgan fingerprint density at radius 2 is 1.19 bits per heavy atom. The van der Waals surface area contributed by atoms with E-state index in [-0.39, 0.29) is 48.9 Å². The number of benzene rings is 4. The van der Waals surface area contributed by atoms with Crippen LogP contribution < -0.4 is 30.6 Å². The van der Waals surface area contributed by atoms with Gasteiger partial charge >= 0.3 is 0 Å². The van der Waals surface area contributed by atoms with Gasteiger partial charge in [0.2, 0.25) is 0 Å². The maximum atomic E-state index is 13.4. The highest BCUT2D eigenvalue weighted by atomic mass is 35.5. The largest absolute Gasteiger partial charge is 0.492 e. The molecule has 3 atom stereocenters. The predicted octanol–water partition coefficient (Wildman–Crippen LogP) is 8.15. The smallest absolute Gasteiger partial charge is 0.259 e. The van der Waals surface area contributed by atoms with Crippen LogP contribution in [0.1, 0.15) is 85.0 Å². The lowest BCUT2D eigenvalue weighted by Gasteiger charge is -2.30. The van der Waals surface area contributed by atoms with Gasteiger partial charge in [0.25, 0.3) is 11.8 Å². The Morgan fingerprint density at radius 1 is 0.731 bits per heavy atom. The molecule has 280 valence electrons. The van der Waals surface area contributed by atoms with Crippen molar-refractivity contribution in [2.24, 2.45) is 5.73 Å². The molecule has 2 unspecified atom stereocenters. The molecule has 0 aromatic heterocycles. The summed E-state index contributed by atoms with van der Waals surface area (Å²) in [7, 11) is -1.28. The molecule has 0 fully saturated rings. The van der Waals surface area contributed by atoms with Gasteiger partial charge < -0.3 is 25.8 Å². The van der Waals surface area contributed by atoms with Crippen LogP contribution in [0.3, 0.4) is 0 Å². The van der Waals surface area contributed by atoms with Crippen molar-refractivity contribution in [1.29, 1.82) is 0 Å². The molecule has 2 amide bonds. The molecule has 9 nitrogen and oxygen atoms in total. The molecule has 2 heterocycles. The third-order valence-corrected chi connectivity index (χ3v) is 9.45. The van der Waals surface area contributed by atoms with Gasteiger partial charge in [-0.2, -0.15) is 0 Å². The van der Waals surface area contributed by atoms with Gasteiger partial charge in [-0.25, -0.2) is 26.5 Å². The number of ether oxygens (including phenoxy) is 2. The fourth-order valence-electron chi connectivity index (χ4n) is 5.21. The Bertz CT molecular complexity index is 1950. The zero-order chi connectivity index (χ0) is 36.2. The van der Waals surface area contributed by atoms with Crippen LogP contribution in [0.15, 0.2) is 72.8 Å². The first-order valence-corrected chi connectivity index (χ1v) is 16.9. The molecule has 52 heavy (non-hydrogen) atoms. The average molecular weight is 765 g/mol. The van der Waals surface area contributed by atoms with Crippen molar-refractivity contribution in [3.63, 3.8) is 0 Å². The minimum Gasteiger partial charge on any atom is -0.492 e. The van der Waals surface area contributed by atoms with Gasteiger partial charge in [0, 0.05) is 53.5 Å². The molecule has 0 saturated heterocycles. The Hall–Kier alpha value is -4.50. The fourth-order valence-corrected chi connectivity index (χ4v) is 6.06. The second-order valence-electron chi connectivity index (χ2n) is 12.5. The van der Waals surface area contributed by atoms with Gasteiger partial charge in [-0.15, -0.1) is 12.4 Å². The van der Waals surface area contributed by atoms with E-state index in [0.29, 0.717) is 43.1 Å². The predicted molar refractivity (Wildman–Crippen MR) is 196 cm³/mol. The molecular weight excluding hydrogens is 724 g/mol. The quantitative estimate of drug-likeness (QED) is 0.147. The van der Waals surface area contributed by atoms with Gasteiger partial charge in [-0.3, -0.25) is 9.59 Å². The van der Waals surface area contributed by atoms with Crippen LogP contribution >= 0.6 is 12.4 Å². The summed E-state index contributed by atoms with van der Waals surface area (Å²) in [4.78, 5) is 25.0. The van der Waals surface area contributed by atoms with E-state index < -0.39 is 50.8 Å². The van der Waals surface area contributed by atoms with Crippen LogP contribution in [-0.4, -0.2) is 34.0 Å². The number of hydrogen-bond acceptors (Lipinski definition) is 6. The lowest BCUT2D eigenvalue weighted by Crippen LogP contribution is -2.37. The van der Waals surface area contributed by atoms with Crippen molar-refractivity contribution in [1.82, 2.24) is 4.72 Å². The third-order valence-electron chi connectivity index (χ3n) is 7.84. The van der Waals surface area contributed by atoms with Crippen molar-refractivity contribution >= 4 is 46.6 Å². The summed E-state index contributed by atoms with van der Waals surface area (Å²) in [5.74, 6) is -4.14. The number of nitrogens with one attached hydrogen (secondary N) is 3. The Kier molecular flexibility index (Phi) is 14.4. The molecule has 4 aromatic carbocycles. The summed E-state index contributed by atoms with van der Waals surface area (Å²) in [6, 6.07) is 16.2. The topological polar surface area (TPSA) is 132 Å². The molecule has 0 aliphatic carbocycles. The first kappa shape index (κ1) is 41.9. The third kappa shape index (κ3) is 9.88. The fraction of sp³-hybridized carbons (Fsp3) is 0.297. The minimum absolute atomic E-state index is 0. The second-order valence-corrected chi connectivity index (χ2v) is 14.5. The number of nitrogens with two attached hydrogens (primary N) is 1. The Labute approximate surface area is 308 Å². The van der Waals surface area contributed by atoms with Crippen molar-refractivity contribution in [3.05, 3.63) is 118 Å². The van der Waals surface area contributed by atoms with E-state index in [1.165, 1.54) is 12.1 Å². The number of hydrogen-bond donors (Lipinski definition) is 4. The van der Waals surface area contributed by atoms with E-state index >= 15 is 0 Å². The van der Waals surface area contributed by atoms with Crippen molar-refractivity contribution in [2.45, 2.75) is 57.9 Å². The van der Waals surface area contributed by atoms with Crippen LogP contribution in [0.4, 0.5) is 28.9 Å². The number of fused-ring (bicyclic) bond motifs is 2. The first-order chi connectivity index (χ1) is 23.7. The molecule has 6 rings (SSSR count). The summed E-state index contributed by atoms with van der Waals surface area (Å²) in [6.45, 7) is 6.43. The SMILES string of the molecule is C.CC(C)(C)[S@](=O)NC1CCOc2c(C(=O)Nc3ccc(F)c(F)c3)cccc21.Cl.NC1CCOc2c(C(=O)Nc3ccc(F)c(F)c3)cccc21. The summed E-state index contributed by atoms with van der Waals surface area (Å²) in [5.41, 5.74) is 8.41. The number of para-hydroxylation sites is 2. The van der Waals surface area contributed by atoms with Crippen LogP contribution in [0.2, 0.25) is 0 Å². The summed E-state index contributed by atoms with van der Waals surface area (Å²) < 4.78 is 79.0. The zero-order valence-corrected chi connectivity index (χ0v) is 29.5. The zero-order valence-electron chi connectivity index (χ0n) is 27.9. The molecular formula is C37H41ClF4N4O5S. The summed E-state index contributed by atoms with van der Waals surface area (Å²) in [5, 5.41) is 5.08. The van der Waals surface area contributed by atoms with Crippen molar-refractivity contribution in [2.75, 3.05) is 23.8 Å². The van der Waals surface area contributed by atoms with Gasteiger partial charge in [0.1, 0.15) is 11.5 Å². The number of carbonyl (C=O) groups is 2. The van der Waals surface area contributed by atoms with Gasteiger partial charge in [-0.1, -0.05) is 31.7 Å². The lowest BCUT2D eigenvalue weighted by atomic mass is 9.98. The van der Waals surface area contributed by atoms with Crippen LogP contribution in [0.25, 0.3) is 0 Å². The number of amides is 2. The van der Waals surface area contributed by atoms with Crippen molar-refractivity contribution < 1.29 is 40.8 Å². The highest BCUT2D eigenvalue weighted by molar-refractivity contribution is 7.84. The van der Waals surface area contributed by atoms with E-state index in [1.54, 1.807) is 24.3 Å². The molecule has 2 aliphatic rings. The maximum Gasteiger partial charge on any atom is 0.259 e. The number of anilines is 2. The highest BCUT2D eigenvalue weighted by Gasteiger charge is 2.30. The van der Waals surface area contributed by atoms with E-state index in [4.69, 9.17) is 15.2 Å². The number of rotatable bonds is 6. The number of carbonyl (C=O) groups excluding carboxylic acids is 2. The second kappa shape index (κ2) is 17.8. The Balaban J connectivity index is 0.000000277. The van der Waals surface area contributed by atoms with Crippen LogP contribution in [0.5, 0.6) is 11.5 Å². The van der Waals surface area contributed by atoms with E-state index in [1.807, 2.05) is 32.9 Å².